The zero-order valence-electron chi connectivity index (χ0n) is 8.64. The molecule has 0 N–H and O–H groups in total. The molecule has 5 nitrogen and oxygen atoms in total. The maximum Gasteiger partial charge on any atom is 0.314 e. The average molecular weight is 208 g/mol. The molecule has 0 spiro atoms. The maximum absolute atomic E-state index is 11.4. The van der Waals surface area contributed by atoms with Crippen molar-refractivity contribution in [1.29, 1.82) is 0 Å². The van der Waals surface area contributed by atoms with Crippen LogP contribution in [-0.4, -0.2) is 27.8 Å². The smallest absolute Gasteiger partial charge is 0.314 e. The number of nitrogens with zero attached hydrogens (tertiary/aromatic N) is 2. The number of ketones is 1. The highest BCUT2D eigenvalue weighted by Gasteiger charge is 2.14. The topological polar surface area (TPSA) is 69.2 Å². The molecular formula is C10H12N2O3. The van der Waals surface area contributed by atoms with Gasteiger partial charge < -0.3 is 4.74 Å². The van der Waals surface area contributed by atoms with Gasteiger partial charge in [0.05, 0.1) is 6.10 Å². The first-order valence-electron chi connectivity index (χ1n) is 4.58. The first-order valence-corrected chi connectivity index (χ1v) is 4.58. The van der Waals surface area contributed by atoms with Crippen LogP contribution in [0.5, 0.6) is 0 Å². The van der Waals surface area contributed by atoms with E-state index in [-0.39, 0.29) is 24.0 Å². The van der Waals surface area contributed by atoms with Crippen molar-refractivity contribution in [2.45, 2.75) is 26.4 Å². The van der Waals surface area contributed by atoms with Gasteiger partial charge in [-0.2, -0.15) is 0 Å². The van der Waals surface area contributed by atoms with Crippen molar-refractivity contribution < 1.29 is 14.3 Å². The minimum Gasteiger partial charge on any atom is -0.463 e. The van der Waals surface area contributed by atoms with Gasteiger partial charge in [-0.15, -0.1) is 0 Å². The van der Waals surface area contributed by atoms with Gasteiger partial charge in [-0.1, -0.05) is 0 Å². The summed E-state index contributed by atoms with van der Waals surface area (Å²) in [6.07, 6.45) is 2.22. The van der Waals surface area contributed by atoms with Gasteiger partial charge >= 0.3 is 5.97 Å². The highest BCUT2D eigenvalue weighted by Crippen LogP contribution is 2.01. The van der Waals surface area contributed by atoms with Crippen LogP contribution in [0.25, 0.3) is 0 Å². The molecule has 1 rings (SSSR count). The first-order chi connectivity index (χ1) is 7.09. The van der Waals surface area contributed by atoms with Crippen LogP contribution in [0.1, 0.15) is 30.8 Å². The van der Waals surface area contributed by atoms with Gasteiger partial charge in [-0.25, -0.2) is 9.97 Å². The number of rotatable bonds is 4. The predicted octanol–water partition coefficient (Wildman–Crippen LogP) is 1.00. The Morgan fingerprint density at radius 1 is 1.47 bits per heavy atom. The largest absolute Gasteiger partial charge is 0.463 e. The summed E-state index contributed by atoms with van der Waals surface area (Å²) in [4.78, 5) is 30.0. The molecule has 0 saturated heterocycles. The van der Waals surface area contributed by atoms with E-state index in [0.717, 1.165) is 0 Å². The maximum atomic E-state index is 11.4. The number of carbonyl (C=O) groups is 2. The van der Waals surface area contributed by atoms with Crippen molar-refractivity contribution in [3.8, 4) is 0 Å². The van der Waals surface area contributed by atoms with Crippen LogP contribution in [-0.2, 0) is 9.53 Å². The van der Waals surface area contributed by atoms with Gasteiger partial charge in [0.15, 0.2) is 5.78 Å². The highest BCUT2D eigenvalue weighted by molar-refractivity contribution is 6.04. The van der Waals surface area contributed by atoms with Crippen molar-refractivity contribution in [2.75, 3.05) is 0 Å². The lowest BCUT2D eigenvalue weighted by molar-refractivity contribution is -0.146. The van der Waals surface area contributed by atoms with Crippen molar-refractivity contribution in [3.63, 3.8) is 0 Å². The number of Topliss-reactive ketones (excluding diaryl/α,β-unsaturated/α-hetero) is 1. The van der Waals surface area contributed by atoms with E-state index in [1.807, 2.05) is 0 Å². The van der Waals surface area contributed by atoms with Gasteiger partial charge in [-0.05, 0) is 19.9 Å². The Bertz CT molecular complexity index is 349. The van der Waals surface area contributed by atoms with E-state index in [1.165, 1.54) is 18.6 Å². The van der Waals surface area contributed by atoms with Gasteiger partial charge in [0.2, 0.25) is 0 Å². The van der Waals surface area contributed by atoms with Gasteiger partial charge in [0, 0.05) is 6.20 Å². The molecule has 1 aromatic heterocycles. The Hall–Kier alpha value is -1.78. The lowest BCUT2D eigenvalue weighted by Crippen LogP contribution is -2.16. The number of esters is 1. The third-order valence-corrected chi connectivity index (χ3v) is 1.54. The van der Waals surface area contributed by atoms with E-state index in [9.17, 15) is 9.59 Å². The SMILES string of the molecule is CC(C)OC(=O)CC(=O)c1ccncn1. The molecule has 0 aliphatic carbocycles. The van der Waals surface area contributed by atoms with Crippen LogP contribution in [0.15, 0.2) is 18.6 Å². The number of aromatic nitrogens is 2. The Kier molecular flexibility index (Phi) is 3.91. The molecule has 0 saturated carbocycles. The van der Waals surface area contributed by atoms with Crippen molar-refractivity contribution in [1.82, 2.24) is 9.97 Å². The van der Waals surface area contributed by atoms with Gasteiger partial charge in [-0.3, -0.25) is 9.59 Å². The molecule has 1 heterocycles. The van der Waals surface area contributed by atoms with Crippen molar-refractivity contribution in [2.24, 2.45) is 0 Å². The molecular weight excluding hydrogens is 196 g/mol. The number of hydrogen-bond donors (Lipinski definition) is 0. The molecule has 80 valence electrons. The molecule has 0 unspecified atom stereocenters. The van der Waals surface area contributed by atoms with Crippen LogP contribution < -0.4 is 0 Å². The monoisotopic (exact) mass is 208 g/mol. The van der Waals surface area contributed by atoms with Crippen molar-refractivity contribution >= 4 is 11.8 Å². The van der Waals surface area contributed by atoms with Gasteiger partial charge in [0.25, 0.3) is 0 Å². The Morgan fingerprint density at radius 2 is 2.20 bits per heavy atom. The summed E-state index contributed by atoms with van der Waals surface area (Å²) >= 11 is 0. The molecule has 5 heteroatoms. The fraction of sp³-hybridized carbons (Fsp3) is 0.400. The normalized spacial score (nSPS) is 10.1. The Labute approximate surface area is 87.5 Å². The molecule has 1 aromatic rings. The molecule has 0 radical (unpaired) electrons. The lowest BCUT2D eigenvalue weighted by atomic mass is 10.2. The summed E-state index contributed by atoms with van der Waals surface area (Å²) in [5.74, 6) is -0.892. The van der Waals surface area contributed by atoms with Crippen LogP contribution in [0.3, 0.4) is 0 Å². The summed E-state index contributed by atoms with van der Waals surface area (Å²) in [5, 5.41) is 0. The van der Waals surface area contributed by atoms with E-state index < -0.39 is 5.97 Å². The van der Waals surface area contributed by atoms with E-state index in [0.29, 0.717) is 0 Å². The second-order valence-electron chi connectivity index (χ2n) is 3.23. The van der Waals surface area contributed by atoms with E-state index in [2.05, 4.69) is 9.97 Å². The third-order valence-electron chi connectivity index (χ3n) is 1.54. The molecule has 0 atom stereocenters. The fourth-order valence-electron chi connectivity index (χ4n) is 0.982. The molecule has 0 aliphatic heterocycles. The Morgan fingerprint density at radius 3 is 2.73 bits per heavy atom. The second kappa shape index (κ2) is 5.19. The van der Waals surface area contributed by atoms with Crippen LogP contribution in [0, 0.1) is 0 Å². The van der Waals surface area contributed by atoms with E-state index in [1.54, 1.807) is 13.8 Å². The number of ether oxygens (including phenoxy) is 1. The van der Waals surface area contributed by atoms with Gasteiger partial charge in [0.1, 0.15) is 18.4 Å². The molecule has 0 fully saturated rings. The summed E-state index contributed by atoms with van der Waals surface area (Å²) < 4.78 is 4.84. The van der Waals surface area contributed by atoms with E-state index >= 15 is 0 Å². The molecule has 0 bridgehead atoms. The fourth-order valence-corrected chi connectivity index (χ4v) is 0.982. The number of carbonyl (C=O) groups excluding carboxylic acids is 2. The second-order valence-corrected chi connectivity index (χ2v) is 3.23. The summed E-state index contributed by atoms with van der Waals surface area (Å²) in [6.45, 7) is 3.46. The standard InChI is InChI=1S/C10H12N2O3/c1-7(2)15-10(14)5-9(13)8-3-4-11-6-12-8/h3-4,6-7H,5H2,1-2H3. The zero-order chi connectivity index (χ0) is 11.3. The van der Waals surface area contributed by atoms with Crippen LogP contribution >= 0.6 is 0 Å². The minimum absolute atomic E-state index is 0.212. The minimum atomic E-state index is -0.534. The predicted molar refractivity (Wildman–Crippen MR) is 52.2 cm³/mol. The Balaban J connectivity index is 2.53. The first kappa shape index (κ1) is 11.3. The molecule has 0 aromatic carbocycles. The summed E-state index contributed by atoms with van der Waals surface area (Å²) in [5.41, 5.74) is 0.228. The molecule has 0 aliphatic rings. The number of hydrogen-bond acceptors (Lipinski definition) is 5. The molecule has 15 heavy (non-hydrogen) atoms. The summed E-state index contributed by atoms with van der Waals surface area (Å²) in [7, 11) is 0. The summed E-state index contributed by atoms with van der Waals surface area (Å²) in [6, 6.07) is 1.46. The van der Waals surface area contributed by atoms with Crippen LogP contribution in [0.4, 0.5) is 0 Å². The molecule has 0 amide bonds. The quantitative estimate of drug-likeness (QED) is 0.419. The lowest BCUT2D eigenvalue weighted by Gasteiger charge is -2.06. The zero-order valence-corrected chi connectivity index (χ0v) is 8.64. The van der Waals surface area contributed by atoms with Crippen LogP contribution in [0.2, 0.25) is 0 Å². The highest BCUT2D eigenvalue weighted by atomic mass is 16.5. The van der Waals surface area contributed by atoms with Crippen molar-refractivity contribution in [3.05, 3.63) is 24.3 Å². The average Bonchev–Trinajstić information content (AvgIpc) is 2.17. The van der Waals surface area contributed by atoms with E-state index in [4.69, 9.17) is 4.74 Å². The third kappa shape index (κ3) is 3.84.